The summed E-state index contributed by atoms with van der Waals surface area (Å²) in [5.74, 6) is 1.32. The van der Waals surface area contributed by atoms with Crippen LogP contribution in [0.1, 0.15) is 43.6 Å². The molecule has 0 amide bonds. The van der Waals surface area contributed by atoms with E-state index >= 15 is 0 Å². The van der Waals surface area contributed by atoms with Gasteiger partial charge in [0.1, 0.15) is 0 Å². The minimum absolute atomic E-state index is 0.479. The van der Waals surface area contributed by atoms with Gasteiger partial charge in [0, 0.05) is 11.8 Å². The number of nitrogens with zero attached hydrogens (tertiary/aromatic N) is 2. The molecule has 0 saturated heterocycles. The summed E-state index contributed by atoms with van der Waals surface area (Å²) in [7, 11) is -3.41. The van der Waals surface area contributed by atoms with Crippen molar-refractivity contribution in [3.63, 3.8) is 0 Å². The van der Waals surface area contributed by atoms with Gasteiger partial charge in [-0.2, -0.15) is 4.98 Å². The van der Waals surface area contributed by atoms with Gasteiger partial charge in [-0.1, -0.05) is 19.3 Å². The van der Waals surface area contributed by atoms with E-state index in [4.69, 9.17) is 8.85 Å². The molecular formula is C16H30N2O2Si2. The predicted octanol–water partition coefficient (Wildman–Crippen LogP) is 4.95. The Bertz CT molecular complexity index is 504. The Kier molecular flexibility index (Phi) is 5.32. The molecule has 0 spiro atoms. The second-order valence-corrected chi connectivity index (χ2v) is 17.0. The molecule has 0 unspecified atom stereocenters. The first kappa shape index (κ1) is 17.5. The van der Waals surface area contributed by atoms with Gasteiger partial charge < -0.3 is 8.85 Å². The van der Waals surface area contributed by atoms with Crippen molar-refractivity contribution in [1.29, 1.82) is 0 Å². The standard InChI is InChI=1S/C16H30N2O2Si2/c1-21(2,3)19-15-14(13-10-8-7-9-11-13)12-17-16(18-15)20-22(4,5)6/h12-13H,7-11H2,1-6H3. The van der Waals surface area contributed by atoms with Crippen LogP contribution in [0.4, 0.5) is 0 Å². The predicted molar refractivity (Wildman–Crippen MR) is 95.8 cm³/mol. The first-order valence-corrected chi connectivity index (χ1v) is 15.2. The molecule has 1 fully saturated rings. The van der Waals surface area contributed by atoms with Crippen molar-refractivity contribution in [1.82, 2.24) is 9.97 Å². The molecule has 1 aliphatic carbocycles. The van der Waals surface area contributed by atoms with E-state index in [1.807, 2.05) is 6.20 Å². The van der Waals surface area contributed by atoms with Crippen LogP contribution in [0.2, 0.25) is 39.3 Å². The molecule has 1 aromatic rings. The van der Waals surface area contributed by atoms with Crippen molar-refractivity contribution in [2.24, 2.45) is 0 Å². The Morgan fingerprint density at radius 2 is 1.50 bits per heavy atom. The Hall–Kier alpha value is -0.886. The zero-order valence-electron chi connectivity index (χ0n) is 14.9. The highest BCUT2D eigenvalue weighted by molar-refractivity contribution is 6.70. The van der Waals surface area contributed by atoms with E-state index in [1.54, 1.807) is 0 Å². The lowest BCUT2D eigenvalue weighted by molar-refractivity contribution is 0.417. The summed E-state index contributed by atoms with van der Waals surface area (Å²) in [6.07, 6.45) is 8.33. The largest absolute Gasteiger partial charge is 0.531 e. The minimum Gasteiger partial charge on any atom is -0.531 e. The average molecular weight is 339 g/mol. The lowest BCUT2D eigenvalue weighted by Crippen LogP contribution is -2.32. The molecule has 1 aliphatic rings. The van der Waals surface area contributed by atoms with Gasteiger partial charge in [0.15, 0.2) is 0 Å². The van der Waals surface area contributed by atoms with Crippen molar-refractivity contribution < 1.29 is 8.85 Å². The maximum absolute atomic E-state index is 6.26. The van der Waals surface area contributed by atoms with Gasteiger partial charge in [0.05, 0.1) is 0 Å². The number of aromatic nitrogens is 2. The maximum atomic E-state index is 6.26. The monoisotopic (exact) mass is 338 g/mol. The van der Waals surface area contributed by atoms with Gasteiger partial charge in [0.2, 0.25) is 22.5 Å². The molecule has 1 aromatic heterocycles. The first-order valence-electron chi connectivity index (χ1n) is 8.39. The van der Waals surface area contributed by atoms with Gasteiger partial charge in [-0.25, -0.2) is 4.98 Å². The molecule has 2 rings (SSSR count). The van der Waals surface area contributed by atoms with E-state index in [2.05, 4.69) is 49.3 Å². The van der Waals surface area contributed by atoms with E-state index in [0.717, 1.165) is 5.88 Å². The Balaban J connectivity index is 2.30. The number of rotatable bonds is 5. The van der Waals surface area contributed by atoms with Crippen molar-refractivity contribution >= 4 is 16.6 Å². The topological polar surface area (TPSA) is 44.2 Å². The third-order valence-corrected chi connectivity index (χ3v) is 5.20. The summed E-state index contributed by atoms with van der Waals surface area (Å²) in [6.45, 7) is 13.0. The summed E-state index contributed by atoms with van der Waals surface area (Å²) in [4.78, 5) is 9.10. The lowest BCUT2D eigenvalue weighted by Gasteiger charge is -2.27. The van der Waals surface area contributed by atoms with E-state index in [9.17, 15) is 0 Å². The zero-order chi connectivity index (χ0) is 16.4. The SMILES string of the molecule is C[Si](C)(C)Oc1ncc(C2CCCCC2)c(O[Si](C)(C)C)n1. The van der Waals surface area contributed by atoms with Crippen LogP contribution in [0.3, 0.4) is 0 Å². The summed E-state index contributed by atoms with van der Waals surface area (Å²) in [5, 5.41) is 0. The van der Waals surface area contributed by atoms with Crippen molar-refractivity contribution in [3.05, 3.63) is 11.8 Å². The minimum atomic E-state index is -1.71. The summed E-state index contributed by atoms with van der Waals surface area (Å²) >= 11 is 0. The van der Waals surface area contributed by atoms with E-state index in [0.29, 0.717) is 11.9 Å². The third-order valence-electron chi connectivity index (χ3n) is 3.60. The highest BCUT2D eigenvalue weighted by Crippen LogP contribution is 2.37. The molecule has 1 heterocycles. The molecule has 22 heavy (non-hydrogen) atoms. The van der Waals surface area contributed by atoms with Crippen LogP contribution in [-0.2, 0) is 0 Å². The van der Waals surface area contributed by atoms with Crippen LogP contribution in [-0.4, -0.2) is 26.6 Å². The highest BCUT2D eigenvalue weighted by Gasteiger charge is 2.26. The Morgan fingerprint density at radius 1 is 0.909 bits per heavy atom. The van der Waals surface area contributed by atoms with Crippen LogP contribution < -0.4 is 8.85 Å². The van der Waals surface area contributed by atoms with Crippen molar-refractivity contribution in [2.75, 3.05) is 0 Å². The molecule has 6 heteroatoms. The van der Waals surface area contributed by atoms with Crippen LogP contribution in [0, 0.1) is 0 Å². The molecule has 0 aliphatic heterocycles. The smallest absolute Gasteiger partial charge is 0.305 e. The fourth-order valence-corrected chi connectivity index (χ4v) is 4.14. The van der Waals surface area contributed by atoms with Crippen LogP contribution in [0.5, 0.6) is 11.9 Å². The Labute approximate surface area is 136 Å². The molecule has 0 N–H and O–H groups in total. The Morgan fingerprint density at radius 3 is 2.05 bits per heavy atom. The lowest BCUT2D eigenvalue weighted by atomic mass is 9.85. The van der Waals surface area contributed by atoms with Gasteiger partial charge in [-0.15, -0.1) is 0 Å². The summed E-state index contributed by atoms with van der Waals surface area (Å²) in [6, 6.07) is 0.479. The highest BCUT2D eigenvalue weighted by atomic mass is 28.4. The molecule has 0 aromatic carbocycles. The second-order valence-electron chi connectivity index (χ2n) is 8.18. The maximum Gasteiger partial charge on any atom is 0.305 e. The molecule has 124 valence electrons. The quantitative estimate of drug-likeness (QED) is 0.712. The van der Waals surface area contributed by atoms with Gasteiger partial charge in [0.25, 0.3) is 0 Å². The zero-order valence-corrected chi connectivity index (χ0v) is 16.9. The van der Waals surface area contributed by atoms with Crippen molar-refractivity contribution in [3.8, 4) is 11.9 Å². The average Bonchev–Trinajstić information content (AvgIpc) is 2.36. The molecule has 4 nitrogen and oxygen atoms in total. The fourth-order valence-electron chi connectivity index (χ4n) is 2.75. The van der Waals surface area contributed by atoms with E-state index in [-0.39, 0.29) is 0 Å². The van der Waals surface area contributed by atoms with Crippen LogP contribution in [0.15, 0.2) is 6.20 Å². The fraction of sp³-hybridized carbons (Fsp3) is 0.750. The number of hydrogen-bond donors (Lipinski definition) is 0. The van der Waals surface area contributed by atoms with Crippen LogP contribution in [0.25, 0.3) is 0 Å². The molecule has 0 atom stereocenters. The summed E-state index contributed by atoms with van der Waals surface area (Å²) in [5.41, 5.74) is 1.19. The molecular weight excluding hydrogens is 308 g/mol. The first-order chi connectivity index (χ1) is 10.1. The van der Waals surface area contributed by atoms with Gasteiger partial charge >= 0.3 is 6.01 Å². The molecule has 0 bridgehead atoms. The van der Waals surface area contributed by atoms with Crippen LogP contribution >= 0.6 is 0 Å². The number of hydrogen-bond acceptors (Lipinski definition) is 4. The molecule has 1 saturated carbocycles. The van der Waals surface area contributed by atoms with E-state index < -0.39 is 16.6 Å². The normalized spacial score (nSPS) is 17.4. The molecule has 0 radical (unpaired) electrons. The second kappa shape index (κ2) is 6.70. The van der Waals surface area contributed by atoms with Crippen molar-refractivity contribution in [2.45, 2.75) is 77.3 Å². The van der Waals surface area contributed by atoms with Gasteiger partial charge in [-0.3, -0.25) is 0 Å². The third kappa shape index (κ3) is 5.39. The van der Waals surface area contributed by atoms with E-state index in [1.165, 1.54) is 37.7 Å². The van der Waals surface area contributed by atoms with Gasteiger partial charge in [-0.05, 0) is 58.0 Å². The summed E-state index contributed by atoms with van der Waals surface area (Å²) < 4.78 is 12.2.